The summed E-state index contributed by atoms with van der Waals surface area (Å²) in [6.07, 6.45) is 12.9. The maximum absolute atomic E-state index is 13.3. The number of hydrogen-bond donors (Lipinski definition) is 1. The highest BCUT2D eigenvalue weighted by Crippen LogP contribution is 2.29. The number of rotatable bonds is 2. The number of para-hydroxylation sites is 1. The van der Waals surface area contributed by atoms with Gasteiger partial charge in [-0.3, -0.25) is 9.78 Å². The molecule has 3 nitrogen and oxygen atoms in total. The van der Waals surface area contributed by atoms with E-state index in [1.54, 1.807) is 0 Å². The predicted octanol–water partition coefficient (Wildman–Crippen LogP) is 4.96. The van der Waals surface area contributed by atoms with Crippen LogP contribution in [-0.2, 0) is 12.8 Å². The van der Waals surface area contributed by atoms with Gasteiger partial charge in [0.1, 0.15) is 0 Å². The van der Waals surface area contributed by atoms with Crippen LogP contribution in [0, 0.1) is 0 Å². The SMILES string of the molecule is O=C(NC1CCCCCC1)c1c2c(nc3ccccc13)CCCCC2. The summed E-state index contributed by atoms with van der Waals surface area (Å²) in [5.41, 5.74) is 4.24. The molecule has 0 unspecified atom stereocenters. The molecule has 25 heavy (non-hydrogen) atoms. The first-order valence-electron chi connectivity index (χ1n) is 10.0. The minimum Gasteiger partial charge on any atom is -0.349 e. The van der Waals surface area contributed by atoms with Crippen molar-refractivity contribution in [3.63, 3.8) is 0 Å². The summed E-state index contributed by atoms with van der Waals surface area (Å²) in [6, 6.07) is 8.49. The molecule has 0 radical (unpaired) electrons. The first kappa shape index (κ1) is 16.6. The van der Waals surface area contributed by atoms with Crippen LogP contribution >= 0.6 is 0 Å². The second kappa shape index (κ2) is 7.55. The Morgan fingerprint density at radius 2 is 1.64 bits per heavy atom. The van der Waals surface area contributed by atoms with E-state index in [0.29, 0.717) is 6.04 Å². The highest BCUT2D eigenvalue weighted by atomic mass is 16.1. The zero-order chi connectivity index (χ0) is 17.1. The zero-order valence-corrected chi connectivity index (χ0v) is 15.0. The molecule has 3 heteroatoms. The van der Waals surface area contributed by atoms with E-state index in [4.69, 9.17) is 4.98 Å². The third-order valence-corrected chi connectivity index (χ3v) is 5.84. The second-order valence-corrected chi connectivity index (χ2v) is 7.65. The van der Waals surface area contributed by atoms with Crippen LogP contribution in [0.5, 0.6) is 0 Å². The van der Waals surface area contributed by atoms with E-state index in [-0.39, 0.29) is 5.91 Å². The van der Waals surface area contributed by atoms with E-state index in [0.717, 1.165) is 54.3 Å². The van der Waals surface area contributed by atoms with Gasteiger partial charge in [-0.05, 0) is 50.2 Å². The summed E-state index contributed by atoms with van der Waals surface area (Å²) in [4.78, 5) is 18.2. The Hall–Kier alpha value is -1.90. The molecule has 132 valence electrons. The number of aromatic nitrogens is 1. The van der Waals surface area contributed by atoms with Gasteiger partial charge >= 0.3 is 0 Å². The van der Waals surface area contributed by atoms with Crippen LogP contribution in [0.4, 0.5) is 0 Å². The molecule has 2 aliphatic carbocycles. The van der Waals surface area contributed by atoms with Crippen LogP contribution in [0.15, 0.2) is 24.3 Å². The topological polar surface area (TPSA) is 42.0 Å². The molecule has 1 N–H and O–H groups in total. The van der Waals surface area contributed by atoms with Gasteiger partial charge in [-0.15, -0.1) is 0 Å². The maximum Gasteiger partial charge on any atom is 0.252 e. The second-order valence-electron chi connectivity index (χ2n) is 7.65. The molecule has 0 aliphatic heterocycles. The fraction of sp³-hybridized carbons (Fsp3) is 0.545. The molecule has 0 bridgehead atoms. The van der Waals surface area contributed by atoms with Crippen molar-refractivity contribution in [3.05, 3.63) is 41.1 Å². The number of carbonyl (C=O) groups excluding carboxylic acids is 1. The Balaban J connectivity index is 1.73. The first-order chi connectivity index (χ1) is 12.3. The van der Waals surface area contributed by atoms with Gasteiger partial charge in [-0.1, -0.05) is 50.3 Å². The highest BCUT2D eigenvalue weighted by molar-refractivity contribution is 6.07. The molecule has 1 fully saturated rings. The lowest BCUT2D eigenvalue weighted by atomic mass is 9.96. The van der Waals surface area contributed by atoms with E-state index in [1.807, 2.05) is 18.2 Å². The number of hydrogen-bond acceptors (Lipinski definition) is 2. The Morgan fingerprint density at radius 3 is 2.48 bits per heavy atom. The normalized spacial score (nSPS) is 19.0. The van der Waals surface area contributed by atoms with Crippen molar-refractivity contribution in [2.24, 2.45) is 0 Å². The monoisotopic (exact) mass is 336 g/mol. The molecule has 1 heterocycles. The number of nitrogens with zero attached hydrogens (tertiary/aromatic N) is 1. The minimum atomic E-state index is 0.128. The predicted molar refractivity (Wildman–Crippen MR) is 102 cm³/mol. The average Bonchev–Trinajstić information content (AvgIpc) is 3.02. The Labute approximate surface area is 150 Å². The largest absolute Gasteiger partial charge is 0.349 e. The Bertz CT molecular complexity index is 760. The van der Waals surface area contributed by atoms with Crippen molar-refractivity contribution in [2.45, 2.75) is 76.7 Å². The van der Waals surface area contributed by atoms with Gasteiger partial charge in [0.15, 0.2) is 0 Å². The highest BCUT2D eigenvalue weighted by Gasteiger charge is 2.23. The van der Waals surface area contributed by atoms with Crippen LogP contribution in [0.2, 0.25) is 0 Å². The van der Waals surface area contributed by atoms with Gasteiger partial charge in [-0.25, -0.2) is 0 Å². The number of pyridine rings is 1. The van der Waals surface area contributed by atoms with Gasteiger partial charge in [0.25, 0.3) is 5.91 Å². The molecule has 1 amide bonds. The van der Waals surface area contributed by atoms with Gasteiger partial charge in [0, 0.05) is 17.1 Å². The molecule has 0 spiro atoms. The number of nitrogens with one attached hydrogen (secondary N) is 1. The summed E-state index contributed by atoms with van der Waals surface area (Å²) in [6.45, 7) is 0. The Morgan fingerprint density at radius 1 is 0.920 bits per heavy atom. The van der Waals surface area contributed by atoms with Crippen molar-refractivity contribution in [1.29, 1.82) is 0 Å². The van der Waals surface area contributed by atoms with E-state index in [1.165, 1.54) is 44.1 Å². The summed E-state index contributed by atoms with van der Waals surface area (Å²) >= 11 is 0. The number of aryl methyl sites for hydroxylation is 1. The number of fused-ring (bicyclic) bond motifs is 2. The lowest BCUT2D eigenvalue weighted by Crippen LogP contribution is -2.35. The quantitative estimate of drug-likeness (QED) is 0.622. The molecule has 1 aromatic carbocycles. The molecule has 1 saturated carbocycles. The smallest absolute Gasteiger partial charge is 0.252 e. The van der Waals surface area contributed by atoms with Gasteiger partial charge in [-0.2, -0.15) is 0 Å². The fourth-order valence-corrected chi connectivity index (χ4v) is 4.49. The average molecular weight is 336 g/mol. The van der Waals surface area contributed by atoms with E-state index >= 15 is 0 Å². The summed E-state index contributed by atoms with van der Waals surface area (Å²) in [5.74, 6) is 0.128. The standard InChI is InChI=1S/C22H28N2O/c25-22(23-16-10-4-1-2-5-11-16)21-17-12-6-3-7-14-19(17)24-20-15-9-8-13-18(20)21/h8-9,13,15-16H,1-7,10-12,14H2,(H,23,25). The maximum atomic E-state index is 13.3. The van der Waals surface area contributed by atoms with Crippen LogP contribution < -0.4 is 5.32 Å². The molecular weight excluding hydrogens is 308 g/mol. The van der Waals surface area contributed by atoms with Crippen LogP contribution in [0.25, 0.3) is 10.9 Å². The van der Waals surface area contributed by atoms with Crippen LogP contribution in [-0.4, -0.2) is 16.9 Å². The fourth-order valence-electron chi connectivity index (χ4n) is 4.49. The molecule has 0 saturated heterocycles. The lowest BCUT2D eigenvalue weighted by molar-refractivity contribution is 0.0934. The third-order valence-electron chi connectivity index (χ3n) is 5.84. The first-order valence-corrected chi connectivity index (χ1v) is 10.0. The summed E-state index contributed by atoms with van der Waals surface area (Å²) in [7, 11) is 0. The van der Waals surface area contributed by atoms with Crippen molar-refractivity contribution in [2.75, 3.05) is 0 Å². The molecule has 2 aliphatic rings. The zero-order valence-electron chi connectivity index (χ0n) is 15.0. The third kappa shape index (κ3) is 3.56. The van der Waals surface area contributed by atoms with Crippen molar-refractivity contribution >= 4 is 16.8 Å². The van der Waals surface area contributed by atoms with Crippen LogP contribution in [0.3, 0.4) is 0 Å². The lowest BCUT2D eigenvalue weighted by Gasteiger charge is -2.20. The van der Waals surface area contributed by atoms with E-state index in [2.05, 4.69) is 11.4 Å². The number of benzene rings is 1. The Kier molecular flexibility index (Phi) is 5.00. The molecular formula is C22H28N2O. The van der Waals surface area contributed by atoms with Crippen molar-refractivity contribution < 1.29 is 4.79 Å². The summed E-state index contributed by atoms with van der Waals surface area (Å²) in [5, 5.41) is 4.39. The molecule has 2 aromatic rings. The summed E-state index contributed by atoms with van der Waals surface area (Å²) < 4.78 is 0. The number of amides is 1. The molecule has 1 aromatic heterocycles. The van der Waals surface area contributed by atoms with Gasteiger partial charge in [0.05, 0.1) is 11.1 Å². The van der Waals surface area contributed by atoms with Crippen molar-refractivity contribution in [3.8, 4) is 0 Å². The van der Waals surface area contributed by atoms with Crippen LogP contribution in [0.1, 0.15) is 79.4 Å². The van der Waals surface area contributed by atoms with Gasteiger partial charge in [0.2, 0.25) is 0 Å². The molecule has 0 atom stereocenters. The number of carbonyl (C=O) groups is 1. The molecule has 4 rings (SSSR count). The van der Waals surface area contributed by atoms with Crippen molar-refractivity contribution in [1.82, 2.24) is 10.3 Å². The minimum absolute atomic E-state index is 0.128. The van der Waals surface area contributed by atoms with E-state index in [9.17, 15) is 4.79 Å². The van der Waals surface area contributed by atoms with Gasteiger partial charge < -0.3 is 5.32 Å². The van der Waals surface area contributed by atoms with E-state index < -0.39 is 0 Å².